The molecule has 0 unspecified atom stereocenters. The minimum absolute atomic E-state index is 0.0163. The molecule has 156 valence electrons. The summed E-state index contributed by atoms with van der Waals surface area (Å²) in [5.74, 6) is 0. The lowest BCUT2D eigenvalue weighted by Crippen LogP contribution is -2.55. The van der Waals surface area contributed by atoms with Crippen LogP contribution in [0.4, 0.5) is 0 Å². The van der Waals surface area contributed by atoms with Gasteiger partial charge in [0.2, 0.25) is 6.04 Å². The van der Waals surface area contributed by atoms with Crippen LogP contribution in [0.1, 0.15) is 66.2 Å². The number of aliphatic hydroxyl groups is 1. The second-order valence-corrected chi connectivity index (χ2v) is 14.8. The zero-order valence-electron chi connectivity index (χ0n) is 18.1. The van der Waals surface area contributed by atoms with Crippen LogP contribution in [0.25, 0.3) is 4.85 Å². The number of fused-ring (bicyclic) bond motifs is 1. The Balaban J connectivity index is 2.13. The van der Waals surface area contributed by atoms with Crippen LogP contribution in [0, 0.1) is 6.57 Å². The van der Waals surface area contributed by atoms with Crippen molar-refractivity contribution in [3.63, 3.8) is 0 Å². The van der Waals surface area contributed by atoms with E-state index in [2.05, 4.69) is 38.7 Å². The summed E-state index contributed by atoms with van der Waals surface area (Å²) in [6.07, 6.45) is 5.43. The quantitative estimate of drug-likeness (QED) is 0.482. The fraction of sp³-hybridized carbons (Fsp3) is 0.952. The first-order valence-electron chi connectivity index (χ1n) is 10.5. The fourth-order valence-corrected chi connectivity index (χ4v) is 4.94. The molecule has 2 rings (SSSR count). The molecule has 0 radical (unpaired) electrons. The molecule has 0 aromatic carbocycles. The van der Waals surface area contributed by atoms with Crippen molar-refractivity contribution < 1.29 is 19.0 Å². The van der Waals surface area contributed by atoms with Crippen LogP contribution in [-0.2, 0) is 13.9 Å². The Bertz CT molecular complexity index is 527. The van der Waals surface area contributed by atoms with Gasteiger partial charge >= 0.3 is 0 Å². The summed E-state index contributed by atoms with van der Waals surface area (Å²) in [5.41, 5.74) is -0.402. The van der Waals surface area contributed by atoms with Gasteiger partial charge in [-0.05, 0) is 43.8 Å². The number of ether oxygens (including phenoxy) is 2. The van der Waals surface area contributed by atoms with Gasteiger partial charge in [-0.3, -0.25) is 0 Å². The van der Waals surface area contributed by atoms with Gasteiger partial charge in [0.15, 0.2) is 8.32 Å². The number of hydrogen-bond acceptors (Lipinski definition) is 4. The Labute approximate surface area is 166 Å². The lowest BCUT2D eigenvalue weighted by molar-refractivity contribution is -0.181. The van der Waals surface area contributed by atoms with Crippen molar-refractivity contribution in [1.29, 1.82) is 0 Å². The SMILES string of the molecule is [C-]#[N+][C@H](C)C[C@H]1CC[C@@H]2O[C@@H](CCCO)C[C@]2(CO[Si](C)(C)C(C)(C)C)O1. The number of hydrogen-bond donors (Lipinski definition) is 1. The highest BCUT2D eigenvalue weighted by Crippen LogP contribution is 2.45. The van der Waals surface area contributed by atoms with Gasteiger partial charge in [0.1, 0.15) is 5.60 Å². The molecule has 2 aliphatic heterocycles. The summed E-state index contributed by atoms with van der Waals surface area (Å²) in [7, 11) is -1.89. The normalized spacial score (nSPS) is 32.7. The molecule has 0 amide bonds. The third-order valence-corrected chi connectivity index (χ3v) is 11.1. The maximum absolute atomic E-state index is 9.18. The van der Waals surface area contributed by atoms with E-state index in [-0.39, 0.29) is 36.0 Å². The molecule has 2 saturated heterocycles. The molecule has 27 heavy (non-hydrogen) atoms. The van der Waals surface area contributed by atoms with Crippen LogP contribution < -0.4 is 0 Å². The Hall–Kier alpha value is -0.453. The van der Waals surface area contributed by atoms with Crippen LogP contribution in [0.15, 0.2) is 0 Å². The van der Waals surface area contributed by atoms with Gasteiger partial charge < -0.3 is 23.9 Å². The highest BCUT2D eigenvalue weighted by Gasteiger charge is 2.54. The molecule has 0 aliphatic carbocycles. The van der Waals surface area contributed by atoms with E-state index in [1.807, 2.05) is 6.92 Å². The van der Waals surface area contributed by atoms with E-state index in [1.54, 1.807) is 0 Å². The molecular weight excluding hydrogens is 358 g/mol. The molecule has 2 heterocycles. The van der Waals surface area contributed by atoms with Gasteiger partial charge in [0, 0.05) is 26.4 Å². The average molecular weight is 398 g/mol. The second-order valence-electron chi connectivity index (χ2n) is 9.96. The van der Waals surface area contributed by atoms with Crippen molar-refractivity contribution in [2.75, 3.05) is 13.2 Å². The molecule has 1 N–H and O–H groups in total. The Morgan fingerprint density at radius 1 is 1.30 bits per heavy atom. The first-order valence-corrected chi connectivity index (χ1v) is 13.4. The van der Waals surface area contributed by atoms with Gasteiger partial charge in [-0.1, -0.05) is 20.8 Å². The molecule has 5 atom stereocenters. The van der Waals surface area contributed by atoms with Crippen LogP contribution in [-0.4, -0.2) is 56.6 Å². The molecule has 6 heteroatoms. The third kappa shape index (κ3) is 5.54. The van der Waals surface area contributed by atoms with Crippen molar-refractivity contribution in [2.45, 2.75) is 114 Å². The van der Waals surface area contributed by atoms with Gasteiger partial charge in [0.05, 0.1) is 24.9 Å². The maximum atomic E-state index is 9.18. The number of aliphatic hydroxyl groups excluding tert-OH is 1. The molecule has 0 saturated carbocycles. The van der Waals surface area contributed by atoms with Gasteiger partial charge in [-0.2, -0.15) is 0 Å². The van der Waals surface area contributed by atoms with Crippen LogP contribution in [0.3, 0.4) is 0 Å². The third-order valence-electron chi connectivity index (χ3n) is 6.66. The Morgan fingerprint density at radius 3 is 2.59 bits per heavy atom. The zero-order chi connectivity index (χ0) is 20.3. The average Bonchev–Trinajstić information content (AvgIpc) is 2.95. The molecule has 2 aliphatic rings. The summed E-state index contributed by atoms with van der Waals surface area (Å²) < 4.78 is 19.6. The summed E-state index contributed by atoms with van der Waals surface area (Å²) in [5, 5.41) is 9.34. The van der Waals surface area contributed by atoms with E-state index in [4.69, 9.17) is 20.5 Å². The van der Waals surface area contributed by atoms with E-state index >= 15 is 0 Å². The Kier molecular flexibility index (Phi) is 7.54. The van der Waals surface area contributed by atoms with Gasteiger partial charge in [-0.25, -0.2) is 6.57 Å². The van der Waals surface area contributed by atoms with E-state index in [1.165, 1.54) is 0 Å². The molecule has 0 bridgehead atoms. The van der Waals surface area contributed by atoms with Crippen molar-refractivity contribution in [3.8, 4) is 0 Å². The fourth-order valence-electron chi connectivity index (χ4n) is 3.90. The number of nitrogens with zero attached hydrogens (tertiary/aromatic N) is 1. The van der Waals surface area contributed by atoms with E-state index in [9.17, 15) is 5.11 Å². The molecule has 5 nitrogen and oxygen atoms in total. The predicted octanol–water partition coefficient (Wildman–Crippen LogP) is 4.55. The molecule has 0 aromatic heterocycles. The van der Waals surface area contributed by atoms with E-state index < -0.39 is 13.9 Å². The van der Waals surface area contributed by atoms with Crippen LogP contribution in [0.5, 0.6) is 0 Å². The van der Waals surface area contributed by atoms with Gasteiger partial charge in [-0.15, -0.1) is 0 Å². The summed E-state index contributed by atoms with van der Waals surface area (Å²) in [6, 6.07) is -0.0163. The Morgan fingerprint density at radius 2 is 2.00 bits per heavy atom. The zero-order valence-corrected chi connectivity index (χ0v) is 19.1. The smallest absolute Gasteiger partial charge is 0.223 e. The topological polar surface area (TPSA) is 52.3 Å². The van der Waals surface area contributed by atoms with Crippen LogP contribution >= 0.6 is 0 Å². The van der Waals surface area contributed by atoms with E-state index in [0.29, 0.717) is 6.61 Å². The van der Waals surface area contributed by atoms with Crippen molar-refractivity contribution in [2.24, 2.45) is 0 Å². The predicted molar refractivity (Wildman–Crippen MR) is 110 cm³/mol. The largest absolute Gasteiger partial charge is 0.414 e. The standard InChI is InChI=1S/C21H39NO4Si/c1-16(22-5)13-17-10-11-19-21(26-17,14-18(25-19)9-8-12-23)15-24-27(6,7)20(2,3)4/h16-19,23H,8-15H2,1-4,6-7H3/t16-,17-,18+,19+,21-/m1/s1. The molecular formula is C21H39NO4Si. The highest BCUT2D eigenvalue weighted by atomic mass is 28.4. The first-order chi connectivity index (χ1) is 12.5. The van der Waals surface area contributed by atoms with Crippen molar-refractivity contribution >= 4 is 8.32 Å². The maximum Gasteiger partial charge on any atom is 0.223 e. The lowest BCUT2D eigenvalue weighted by Gasteiger charge is -2.45. The van der Waals surface area contributed by atoms with Crippen LogP contribution in [0.2, 0.25) is 18.1 Å². The van der Waals surface area contributed by atoms with Gasteiger partial charge in [0.25, 0.3) is 0 Å². The summed E-state index contributed by atoms with van der Waals surface area (Å²) >= 11 is 0. The molecule has 0 aromatic rings. The molecule has 0 spiro atoms. The number of rotatable bonds is 8. The highest BCUT2D eigenvalue weighted by molar-refractivity contribution is 6.74. The second kappa shape index (κ2) is 8.92. The van der Waals surface area contributed by atoms with Crippen molar-refractivity contribution in [1.82, 2.24) is 0 Å². The minimum atomic E-state index is -1.89. The first kappa shape index (κ1) is 22.8. The molecule has 2 fully saturated rings. The summed E-state index contributed by atoms with van der Waals surface area (Å²) in [6.45, 7) is 21.3. The monoisotopic (exact) mass is 397 g/mol. The lowest BCUT2D eigenvalue weighted by atomic mass is 9.85. The van der Waals surface area contributed by atoms with Crippen molar-refractivity contribution in [3.05, 3.63) is 11.4 Å². The minimum Gasteiger partial charge on any atom is -0.414 e. The summed E-state index contributed by atoms with van der Waals surface area (Å²) in [4.78, 5) is 3.65. The van der Waals surface area contributed by atoms with E-state index in [0.717, 1.165) is 38.5 Å².